The molecule has 2 aromatic rings. The second-order valence-corrected chi connectivity index (χ2v) is 4.37. The van der Waals surface area contributed by atoms with E-state index in [1.807, 2.05) is 19.1 Å². The molecule has 6 nitrogen and oxygen atoms in total. The van der Waals surface area contributed by atoms with Crippen molar-refractivity contribution in [3.05, 3.63) is 35.7 Å². The standard InChI is InChI=1S/C14H18N4O2/c1-3-6-10-12(15)13(18-17-10)14(19)16-9-7-4-5-8-11(9)20-2/h4-5,7-8H,3,6,15H2,1-2H3,(H,16,19)(H,17,18). The van der Waals surface area contributed by atoms with E-state index >= 15 is 0 Å². The van der Waals surface area contributed by atoms with E-state index in [2.05, 4.69) is 15.5 Å². The quantitative estimate of drug-likeness (QED) is 0.779. The normalized spacial score (nSPS) is 10.3. The van der Waals surface area contributed by atoms with Crippen LogP contribution in [-0.2, 0) is 6.42 Å². The lowest BCUT2D eigenvalue weighted by Crippen LogP contribution is -2.15. The molecule has 0 radical (unpaired) electrons. The van der Waals surface area contributed by atoms with Gasteiger partial charge in [-0.25, -0.2) is 0 Å². The second kappa shape index (κ2) is 6.10. The Hall–Kier alpha value is -2.50. The van der Waals surface area contributed by atoms with Crippen molar-refractivity contribution >= 4 is 17.3 Å². The van der Waals surface area contributed by atoms with Gasteiger partial charge in [-0.1, -0.05) is 25.5 Å². The summed E-state index contributed by atoms with van der Waals surface area (Å²) >= 11 is 0. The van der Waals surface area contributed by atoms with Crippen LogP contribution in [0.5, 0.6) is 5.75 Å². The van der Waals surface area contributed by atoms with E-state index in [0.717, 1.165) is 18.5 Å². The molecule has 0 atom stereocenters. The van der Waals surface area contributed by atoms with Gasteiger partial charge in [0.25, 0.3) is 5.91 Å². The maximum absolute atomic E-state index is 12.2. The SMILES string of the molecule is CCCc1[nH]nc(C(=O)Nc2ccccc2OC)c1N. The number of carbonyl (C=O) groups excluding carboxylic acids is 1. The van der Waals surface area contributed by atoms with Crippen LogP contribution in [0.25, 0.3) is 0 Å². The number of nitrogens with two attached hydrogens (primary N) is 1. The molecule has 0 bridgehead atoms. The first kappa shape index (κ1) is 13.9. The third kappa shape index (κ3) is 2.74. The molecule has 1 aromatic heterocycles. The molecule has 0 unspecified atom stereocenters. The van der Waals surface area contributed by atoms with Crippen LogP contribution in [0.2, 0.25) is 0 Å². The fourth-order valence-electron chi connectivity index (χ4n) is 1.93. The van der Waals surface area contributed by atoms with E-state index < -0.39 is 0 Å². The van der Waals surface area contributed by atoms with Gasteiger partial charge in [-0.15, -0.1) is 0 Å². The van der Waals surface area contributed by atoms with E-state index in [1.54, 1.807) is 19.2 Å². The summed E-state index contributed by atoms with van der Waals surface area (Å²) in [6, 6.07) is 7.17. The number of aryl methyl sites for hydroxylation is 1. The minimum Gasteiger partial charge on any atom is -0.495 e. The molecule has 6 heteroatoms. The first-order valence-electron chi connectivity index (χ1n) is 6.44. The van der Waals surface area contributed by atoms with Gasteiger partial charge in [0.15, 0.2) is 5.69 Å². The molecule has 0 aliphatic carbocycles. The van der Waals surface area contributed by atoms with Crippen molar-refractivity contribution in [1.82, 2.24) is 10.2 Å². The maximum atomic E-state index is 12.2. The number of para-hydroxylation sites is 2. The van der Waals surface area contributed by atoms with Gasteiger partial charge >= 0.3 is 0 Å². The number of anilines is 2. The number of aromatic amines is 1. The molecule has 0 fully saturated rings. The summed E-state index contributed by atoms with van der Waals surface area (Å²) in [7, 11) is 1.55. The third-order valence-corrected chi connectivity index (χ3v) is 2.95. The number of hydrogen-bond acceptors (Lipinski definition) is 4. The highest BCUT2D eigenvalue weighted by atomic mass is 16.5. The highest BCUT2D eigenvalue weighted by Crippen LogP contribution is 2.24. The number of methoxy groups -OCH3 is 1. The Balaban J connectivity index is 2.20. The minimum atomic E-state index is -0.356. The summed E-state index contributed by atoms with van der Waals surface area (Å²) in [5, 5.41) is 9.53. The van der Waals surface area contributed by atoms with E-state index in [0.29, 0.717) is 17.1 Å². The van der Waals surface area contributed by atoms with Crippen molar-refractivity contribution in [2.24, 2.45) is 0 Å². The van der Waals surface area contributed by atoms with Crippen LogP contribution in [0.15, 0.2) is 24.3 Å². The van der Waals surface area contributed by atoms with Crippen LogP contribution < -0.4 is 15.8 Å². The zero-order valence-corrected chi connectivity index (χ0v) is 11.6. The van der Waals surface area contributed by atoms with Crippen LogP contribution in [0.1, 0.15) is 29.5 Å². The highest BCUT2D eigenvalue weighted by Gasteiger charge is 2.18. The molecule has 0 saturated heterocycles. The number of rotatable bonds is 5. The van der Waals surface area contributed by atoms with Gasteiger partial charge in [-0.2, -0.15) is 5.10 Å². The molecular formula is C14H18N4O2. The van der Waals surface area contributed by atoms with Crippen molar-refractivity contribution in [2.75, 3.05) is 18.2 Å². The predicted octanol–water partition coefficient (Wildman–Crippen LogP) is 2.21. The monoisotopic (exact) mass is 274 g/mol. The van der Waals surface area contributed by atoms with E-state index in [1.165, 1.54) is 0 Å². The van der Waals surface area contributed by atoms with Crippen molar-refractivity contribution in [2.45, 2.75) is 19.8 Å². The molecule has 2 rings (SSSR count). The van der Waals surface area contributed by atoms with Crippen molar-refractivity contribution in [1.29, 1.82) is 0 Å². The fraction of sp³-hybridized carbons (Fsp3) is 0.286. The van der Waals surface area contributed by atoms with E-state index in [9.17, 15) is 4.79 Å². The van der Waals surface area contributed by atoms with Crippen LogP contribution in [-0.4, -0.2) is 23.2 Å². The van der Waals surface area contributed by atoms with Gasteiger partial charge in [0, 0.05) is 0 Å². The number of nitrogen functional groups attached to an aromatic ring is 1. The Labute approximate surface area is 117 Å². The average molecular weight is 274 g/mol. The molecule has 1 heterocycles. The van der Waals surface area contributed by atoms with Crippen LogP contribution in [0, 0.1) is 0 Å². The van der Waals surface area contributed by atoms with Crippen molar-refractivity contribution in [3.63, 3.8) is 0 Å². The summed E-state index contributed by atoms with van der Waals surface area (Å²) in [6.45, 7) is 2.04. The number of ether oxygens (including phenoxy) is 1. The highest BCUT2D eigenvalue weighted by molar-refractivity contribution is 6.07. The number of nitrogens with one attached hydrogen (secondary N) is 2. The summed E-state index contributed by atoms with van der Waals surface area (Å²) in [5.41, 5.74) is 7.91. The van der Waals surface area contributed by atoms with Gasteiger partial charge < -0.3 is 15.8 Å². The zero-order valence-electron chi connectivity index (χ0n) is 11.6. The third-order valence-electron chi connectivity index (χ3n) is 2.95. The molecule has 0 spiro atoms. The summed E-state index contributed by atoms with van der Waals surface area (Å²) in [5.74, 6) is 0.231. The molecule has 1 aromatic carbocycles. The first-order chi connectivity index (χ1) is 9.67. The molecule has 1 amide bonds. The van der Waals surface area contributed by atoms with Gasteiger partial charge in [0.05, 0.1) is 24.2 Å². The van der Waals surface area contributed by atoms with E-state index in [-0.39, 0.29) is 11.6 Å². The lowest BCUT2D eigenvalue weighted by molar-refractivity contribution is 0.102. The topological polar surface area (TPSA) is 93.0 Å². The average Bonchev–Trinajstić information content (AvgIpc) is 2.81. The second-order valence-electron chi connectivity index (χ2n) is 4.37. The minimum absolute atomic E-state index is 0.208. The van der Waals surface area contributed by atoms with Gasteiger partial charge in [-0.05, 0) is 18.6 Å². The fourth-order valence-corrected chi connectivity index (χ4v) is 1.93. The van der Waals surface area contributed by atoms with E-state index in [4.69, 9.17) is 10.5 Å². The summed E-state index contributed by atoms with van der Waals surface area (Å²) in [4.78, 5) is 12.2. The summed E-state index contributed by atoms with van der Waals surface area (Å²) in [6.07, 6.45) is 1.70. The number of carbonyl (C=O) groups is 1. The predicted molar refractivity (Wildman–Crippen MR) is 77.9 cm³/mol. The zero-order chi connectivity index (χ0) is 14.5. The Kier molecular flexibility index (Phi) is 4.24. The number of aromatic nitrogens is 2. The maximum Gasteiger partial charge on any atom is 0.278 e. The largest absolute Gasteiger partial charge is 0.495 e. The Morgan fingerprint density at radius 3 is 2.90 bits per heavy atom. The molecule has 4 N–H and O–H groups in total. The molecular weight excluding hydrogens is 256 g/mol. The van der Waals surface area contributed by atoms with Crippen molar-refractivity contribution < 1.29 is 9.53 Å². The number of amides is 1. The van der Waals surface area contributed by atoms with Crippen LogP contribution >= 0.6 is 0 Å². The first-order valence-corrected chi connectivity index (χ1v) is 6.44. The van der Waals surface area contributed by atoms with Crippen LogP contribution in [0.3, 0.4) is 0 Å². The van der Waals surface area contributed by atoms with Crippen LogP contribution in [0.4, 0.5) is 11.4 Å². The molecule has 0 aliphatic heterocycles. The smallest absolute Gasteiger partial charge is 0.278 e. The molecule has 0 aliphatic rings. The van der Waals surface area contributed by atoms with Gasteiger partial charge in [-0.3, -0.25) is 9.89 Å². The number of H-pyrrole nitrogens is 1. The Bertz CT molecular complexity index is 607. The van der Waals surface area contributed by atoms with Gasteiger partial charge in [0.1, 0.15) is 5.75 Å². The molecule has 106 valence electrons. The number of nitrogens with zero attached hydrogens (tertiary/aromatic N) is 1. The lowest BCUT2D eigenvalue weighted by Gasteiger charge is -2.08. The Morgan fingerprint density at radius 2 is 2.20 bits per heavy atom. The van der Waals surface area contributed by atoms with Gasteiger partial charge in [0.2, 0.25) is 0 Å². The lowest BCUT2D eigenvalue weighted by atomic mass is 10.2. The number of hydrogen-bond donors (Lipinski definition) is 3. The van der Waals surface area contributed by atoms with Crippen molar-refractivity contribution in [3.8, 4) is 5.75 Å². The molecule has 20 heavy (non-hydrogen) atoms. The summed E-state index contributed by atoms with van der Waals surface area (Å²) < 4.78 is 5.18. The Morgan fingerprint density at radius 1 is 1.45 bits per heavy atom. The molecule has 0 saturated carbocycles. The number of benzene rings is 1.